The van der Waals surface area contributed by atoms with Gasteiger partial charge in [-0.25, -0.2) is 0 Å². The number of hydrogen-bond donors (Lipinski definition) is 2. The molecule has 106 valence electrons. The largest absolute Gasteiger partial charge is 0.497 e. The lowest BCUT2D eigenvalue weighted by molar-refractivity contribution is 0.415. The molecule has 0 bridgehead atoms. The number of anilines is 1. The van der Waals surface area contributed by atoms with Gasteiger partial charge in [0.2, 0.25) is 0 Å². The molecule has 3 N–H and O–H groups in total. The van der Waals surface area contributed by atoms with Crippen LogP contribution in [0.4, 0.5) is 5.69 Å². The number of methoxy groups -OCH3 is 1. The van der Waals surface area contributed by atoms with Gasteiger partial charge in [-0.3, -0.25) is 4.68 Å². The van der Waals surface area contributed by atoms with Crippen LogP contribution in [0.5, 0.6) is 5.75 Å². The molecule has 1 aromatic heterocycles. The summed E-state index contributed by atoms with van der Waals surface area (Å²) < 4.78 is 7.11. The highest BCUT2D eigenvalue weighted by Crippen LogP contribution is 2.23. The molecule has 1 atom stereocenters. The highest BCUT2D eigenvalue weighted by molar-refractivity contribution is 7.80. The van der Waals surface area contributed by atoms with Crippen molar-refractivity contribution in [3.8, 4) is 5.75 Å². The van der Waals surface area contributed by atoms with E-state index in [0.29, 0.717) is 4.99 Å². The monoisotopic (exact) mass is 290 g/mol. The topological polar surface area (TPSA) is 65.1 Å². The second-order valence-corrected chi connectivity index (χ2v) is 4.99. The third-order valence-corrected chi connectivity index (χ3v) is 3.13. The zero-order chi connectivity index (χ0) is 14.5. The van der Waals surface area contributed by atoms with E-state index in [1.165, 1.54) is 0 Å². The first-order valence-electron chi connectivity index (χ1n) is 6.32. The van der Waals surface area contributed by atoms with E-state index in [4.69, 9.17) is 22.7 Å². The van der Waals surface area contributed by atoms with Crippen LogP contribution in [-0.2, 0) is 6.54 Å². The zero-order valence-electron chi connectivity index (χ0n) is 11.5. The molecule has 5 nitrogen and oxygen atoms in total. The molecule has 0 amide bonds. The van der Waals surface area contributed by atoms with Gasteiger partial charge in [0.05, 0.1) is 13.7 Å². The first-order valence-corrected chi connectivity index (χ1v) is 6.73. The fourth-order valence-corrected chi connectivity index (χ4v) is 2.16. The minimum Gasteiger partial charge on any atom is -0.497 e. The van der Waals surface area contributed by atoms with Crippen LogP contribution in [0.3, 0.4) is 0 Å². The number of nitrogens with two attached hydrogens (primary N) is 1. The van der Waals surface area contributed by atoms with Crippen LogP contribution in [-0.4, -0.2) is 27.9 Å². The molecule has 0 aliphatic heterocycles. The summed E-state index contributed by atoms with van der Waals surface area (Å²) >= 11 is 5.08. The summed E-state index contributed by atoms with van der Waals surface area (Å²) in [5, 5.41) is 7.59. The van der Waals surface area contributed by atoms with Crippen LogP contribution >= 0.6 is 12.2 Å². The maximum Gasteiger partial charge on any atom is 0.120 e. The second kappa shape index (κ2) is 6.38. The van der Waals surface area contributed by atoms with Crippen molar-refractivity contribution in [1.82, 2.24) is 9.78 Å². The summed E-state index contributed by atoms with van der Waals surface area (Å²) in [5.74, 6) is 0.763. The van der Waals surface area contributed by atoms with Gasteiger partial charge in [-0.15, -0.1) is 0 Å². The van der Waals surface area contributed by atoms with E-state index in [2.05, 4.69) is 17.3 Å². The van der Waals surface area contributed by atoms with Gasteiger partial charge in [-0.1, -0.05) is 12.2 Å². The zero-order valence-corrected chi connectivity index (χ0v) is 12.4. The molecule has 1 heterocycles. The Morgan fingerprint density at radius 2 is 2.35 bits per heavy atom. The van der Waals surface area contributed by atoms with Crippen molar-refractivity contribution < 1.29 is 4.74 Å². The molecule has 1 aromatic carbocycles. The molecule has 0 fully saturated rings. The molecule has 20 heavy (non-hydrogen) atoms. The van der Waals surface area contributed by atoms with Crippen molar-refractivity contribution in [3.63, 3.8) is 0 Å². The fourth-order valence-electron chi connectivity index (χ4n) is 1.98. The number of benzene rings is 1. The van der Waals surface area contributed by atoms with Crippen molar-refractivity contribution >= 4 is 22.9 Å². The molecule has 0 saturated heterocycles. The van der Waals surface area contributed by atoms with Crippen LogP contribution in [0.2, 0.25) is 0 Å². The number of nitrogens with one attached hydrogen (secondary N) is 1. The van der Waals surface area contributed by atoms with Crippen molar-refractivity contribution in [3.05, 3.63) is 42.2 Å². The molecule has 1 unspecified atom stereocenters. The van der Waals surface area contributed by atoms with Crippen LogP contribution in [0.1, 0.15) is 12.5 Å². The minimum absolute atomic E-state index is 0.176. The Balaban J connectivity index is 2.16. The Hall–Kier alpha value is -2.08. The average Bonchev–Trinajstić information content (AvgIpc) is 2.90. The lowest BCUT2D eigenvalue weighted by Crippen LogP contribution is -2.24. The molecule has 0 radical (unpaired) electrons. The lowest BCUT2D eigenvalue weighted by Gasteiger charge is -2.18. The molecule has 0 saturated carbocycles. The predicted molar refractivity (Wildman–Crippen MR) is 84.2 cm³/mol. The van der Waals surface area contributed by atoms with E-state index in [1.54, 1.807) is 13.3 Å². The summed E-state index contributed by atoms with van der Waals surface area (Å²) in [5.41, 5.74) is 7.44. The molecule has 0 aliphatic carbocycles. The van der Waals surface area contributed by atoms with Crippen LogP contribution in [0.15, 0.2) is 36.7 Å². The maximum atomic E-state index is 5.75. The highest BCUT2D eigenvalue weighted by atomic mass is 32.1. The van der Waals surface area contributed by atoms with E-state index in [-0.39, 0.29) is 6.04 Å². The van der Waals surface area contributed by atoms with Crippen molar-refractivity contribution in [2.45, 2.75) is 19.5 Å². The Morgan fingerprint density at radius 3 is 2.95 bits per heavy atom. The molecule has 2 rings (SSSR count). The van der Waals surface area contributed by atoms with Crippen molar-refractivity contribution in [2.24, 2.45) is 5.73 Å². The van der Waals surface area contributed by atoms with Crippen molar-refractivity contribution in [2.75, 3.05) is 12.4 Å². The Labute approximate surface area is 123 Å². The van der Waals surface area contributed by atoms with Crippen molar-refractivity contribution in [1.29, 1.82) is 0 Å². The van der Waals surface area contributed by atoms with Gasteiger partial charge in [0.25, 0.3) is 0 Å². The number of ether oxygens (including phenoxy) is 1. The number of thiocarbonyl (C=S) groups is 1. The Morgan fingerprint density at radius 1 is 1.55 bits per heavy atom. The standard InChI is InChI=1S/C14H18N4OS/c1-10(9-18-7-3-6-16-18)17-13-8-11(19-2)4-5-12(13)14(15)20/h3-8,10,17H,9H2,1-2H3,(H2,15,20). The molecular formula is C14H18N4OS. The lowest BCUT2D eigenvalue weighted by atomic mass is 10.1. The van der Waals surface area contributed by atoms with E-state index < -0.39 is 0 Å². The fraction of sp³-hybridized carbons (Fsp3) is 0.286. The maximum absolute atomic E-state index is 5.75. The molecule has 6 heteroatoms. The van der Waals surface area contributed by atoms with Crippen LogP contribution in [0, 0.1) is 0 Å². The first kappa shape index (κ1) is 14.3. The van der Waals surface area contributed by atoms with E-state index >= 15 is 0 Å². The highest BCUT2D eigenvalue weighted by Gasteiger charge is 2.10. The van der Waals surface area contributed by atoms with E-state index in [0.717, 1.165) is 23.5 Å². The summed E-state index contributed by atoms with van der Waals surface area (Å²) in [7, 11) is 1.63. The van der Waals surface area contributed by atoms with Crippen LogP contribution < -0.4 is 15.8 Å². The molecule has 2 aromatic rings. The van der Waals surface area contributed by atoms with Gasteiger partial charge >= 0.3 is 0 Å². The summed E-state index contributed by atoms with van der Waals surface area (Å²) in [6, 6.07) is 7.68. The molecule has 0 aliphatic rings. The quantitative estimate of drug-likeness (QED) is 0.797. The normalized spacial score (nSPS) is 11.9. The summed E-state index contributed by atoms with van der Waals surface area (Å²) in [6.45, 7) is 2.82. The third kappa shape index (κ3) is 3.48. The van der Waals surface area contributed by atoms with Crippen LogP contribution in [0.25, 0.3) is 0 Å². The number of rotatable bonds is 6. The van der Waals surface area contributed by atoms with Gasteiger partial charge in [0, 0.05) is 35.8 Å². The number of hydrogen-bond acceptors (Lipinski definition) is 4. The van der Waals surface area contributed by atoms with E-state index in [9.17, 15) is 0 Å². The van der Waals surface area contributed by atoms with Gasteiger partial charge in [0.1, 0.15) is 10.7 Å². The minimum atomic E-state index is 0.176. The average molecular weight is 290 g/mol. The van der Waals surface area contributed by atoms with Gasteiger partial charge in [-0.2, -0.15) is 5.10 Å². The van der Waals surface area contributed by atoms with E-state index in [1.807, 2.05) is 35.1 Å². The summed E-state index contributed by atoms with van der Waals surface area (Å²) in [4.78, 5) is 0.362. The molecule has 0 spiro atoms. The number of aromatic nitrogens is 2. The SMILES string of the molecule is COc1ccc(C(N)=S)c(NC(C)Cn2cccn2)c1. The van der Waals surface area contributed by atoms with Gasteiger partial charge in [-0.05, 0) is 25.1 Å². The second-order valence-electron chi connectivity index (χ2n) is 4.55. The van der Waals surface area contributed by atoms with Gasteiger partial charge < -0.3 is 15.8 Å². The first-order chi connectivity index (χ1) is 9.60. The number of nitrogens with zero attached hydrogens (tertiary/aromatic N) is 2. The Bertz CT molecular complexity index is 583. The predicted octanol–water partition coefficient (Wildman–Crippen LogP) is 2.03. The summed E-state index contributed by atoms with van der Waals surface area (Å²) in [6.07, 6.45) is 3.69. The van der Waals surface area contributed by atoms with Gasteiger partial charge in [0.15, 0.2) is 0 Å². The Kier molecular flexibility index (Phi) is 4.57. The third-order valence-electron chi connectivity index (χ3n) is 2.91. The smallest absolute Gasteiger partial charge is 0.120 e. The molecular weight excluding hydrogens is 272 g/mol.